The molecule has 2 heterocycles. The van der Waals surface area contributed by atoms with E-state index < -0.39 is 0 Å². The van der Waals surface area contributed by atoms with Gasteiger partial charge in [0.05, 0.1) is 10.2 Å². The van der Waals surface area contributed by atoms with Crippen molar-refractivity contribution in [3.05, 3.63) is 45.5 Å². The maximum atomic E-state index is 12.3. The fourth-order valence-corrected chi connectivity index (χ4v) is 3.47. The van der Waals surface area contributed by atoms with E-state index >= 15 is 0 Å². The Morgan fingerprint density at radius 2 is 2.14 bits per heavy atom. The predicted octanol–water partition coefficient (Wildman–Crippen LogP) is 2.68. The second kappa shape index (κ2) is 5.13. The Bertz CT molecular complexity index is 919. The number of thiazole rings is 1. The van der Waals surface area contributed by atoms with Crippen molar-refractivity contribution in [2.75, 3.05) is 0 Å². The third-order valence-electron chi connectivity index (χ3n) is 3.18. The van der Waals surface area contributed by atoms with Crippen molar-refractivity contribution in [3.63, 3.8) is 0 Å². The van der Waals surface area contributed by atoms with Crippen LogP contribution in [0.4, 0.5) is 0 Å². The van der Waals surface area contributed by atoms with Gasteiger partial charge in [-0.3, -0.25) is 9.48 Å². The highest BCUT2D eigenvalue weighted by Gasteiger charge is 2.13. The van der Waals surface area contributed by atoms with Crippen LogP contribution in [-0.2, 0) is 14.1 Å². The Labute approximate surface area is 130 Å². The summed E-state index contributed by atoms with van der Waals surface area (Å²) in [7, 11) is 3.66. The average Bonchev–Trinajstić information content (AvgIpc) is 2.90. The van der Waals surface area contributed by atoms with Gasteiger partial charge in [-0.1, -0.05) is 22.9 Å². The topological polar surface area (TPSA) is 52.2 Å². The molecule has 0 N–H and O–H groups in total. The number of fused-ring (bicyclic) bond motifs is 1. The molecule has 0 fully saturated rings. The number of nitrogens with zero attached hydrogens (tertiary/aromatic N) is 4. The molecule has 0 atom stereocenters. The Kier molecular flexibility index (Phi) is 3.43. The van der Waals surface area contributed by atoms with E-state index in [1.54, 1.807) is 17.9 Å². The van der Waals surface area contributed by atoms with Gasteiger partial charge in [0.2, 0.25) is 0 Å². The summed E-state index contributed by atoms with van der Waals surface area (Å²) in [6, 6.07) is 5.62. The van der Waals surface area contributed by atoms with Crippen molar-refractivity contribution in [1.82, 2.24) is 14.3 Å². The lowest BCUT2D eigenvalue weighted by Gasteiger charge is -1.95. The summed E-state index contributed by atoms with van der Waals surface area (Å²) in [5, 5.41) is 4.82. The van der Waals surface area contributed by atoms with Crippen LogP contribution in [0.5, 0.6) is 0 Å². The van der Waals surface area contributed by atoms with E-state index in [-0.39, 0.29) is 5.91 Å². The van der Waals surface area contributed by atoms with E-state index in [2.05, 4.69) is 10.1 Å². The van der Waals surface area contributed by atoms with E-state index in [4.69, 9.17) is 11.6 Å². The molecule has 0 saturated carbocycles. The molecule has 3 aromatic rings. The van der Waals surface area contributed by atoms with Crippen LogP contribution >= 0.6 is 22.9 Å². The first-order valence-electron chi connectivity index (χ1n) is 6.30. The minimum Gasteiger partial charge on any atom is -0.319 e. The number of rotatable bonds is 1. The van der Waals surface area contributed by atoms with Crippen molar-refractivity contribution in [2.45, 2.75) is 6.92 Å². The van der Waals surface area contributed by atoms with Crippen molar-refractivity contribution < 1.29 is 4.79 Å². The van der Waals surface area contributed by atoms with Gasteiger partial charge in [0.25, 0.3) is 5.91 Å². The first kappa shape index (κ1) is 14.0. The molecule has 0 saturated heterocycles. The molecule has 21 heavy (non-hydrogen) atoms. The molecule has 3 rings (SSSR count). The largest absolute Gasteiger partial charge is 0.319 e. The zero-order valence-corrected chi connectivity index (χ0v) is 13.4. The van der Waals surface area contributed by atoms with Gasteiger partial charge in [0.15, 0.2) is 10.5 Å². The molecule has 0 radical (unpaired) electrons. The Morgan fingerprint density at radius 3 is 2.81 bits per heavy atom. The molecular weight excluding hydrogens is 308 g/mol. The van der Waals surface area contributed by atoms with E-state index in [1.165, 1.54) is 11.3 Å². The van der Waals surface area contributed by atoms with Crippen LogP contribution in [0.25, 0.3) is 10.2 Å². The molecule has 0 aliphatic carbocycles. The fraction of sp³-hybridized carbons (Fsp3) is 0.214. The Hall–Kier alpha value is -1.92. The van der Waals surface area contributed by atoms with Gasteiger partial charge in [-0.2, -0.15) is 10.1 Å². The number of benzene rings is 1. The zero-order valence-electron chi connectivity index (χ0n) is 11.8. The quantitative estimate of drug-likeness (QED) is 0.692. The lowest BCUT2D eigenvalue weighted by molar-refractivity contribution is 0.0992. The third-order valence-corrected chi connectivity index (χ3v) is 4.51. The Balaban J connectivity index is 2.13. The van der Waals surface area contributed by atoms with Crippen LogP contribution in [0.1, 0.15) is 16.1 Å². The summed E-state index contributed by atoms with van der Waals surface area (Å²) in [5.74, 6) is -0.332. The molecule has 0 unspecified atom stereocenters. The summed E-state index contributed by atoms with van der Waals surface area (Å²) < 4.78 is 4.49. The van der Waals surface area contributed by atoms with Crippen LogP contribution in [0.3, 0.4) is 0 Å². The van der Waals surface area contributed by atoms with Crippen LogP contribution in [0.15, 0.2) is 29.4 Å². The average molecular weight is 321 g/mol. The maximum Gasteiger partial charge on any atom is 0.300 e. The molecule has 1 aromatic carbocycles. The number of carbonyl (C=O) groups excluding carboxylic acids is 1. The van der Waals surface area contributed by atoms with Crippen LogP contribution in [0, 0.1) is 6.92 Å². The summed E-state index contributed by atoms with van der Waals surface area (Å²) >= 11 is 7.42. The summed E-state index contributed by atoms with van der Waals surface area (Å²) in [4.78, 5) is 17.1. The number of hydrogen-bond acceptors (Lipinski definition) is 3. The van der Waals surface area contributed by atoms with Crippen LogP contribution < -0.4 is 4.80 Å². The number of aromatic nitrogens is 3. The summed E-state index contributed by atoms with van der Waals surface area (Å²) in [6.45, 7) is 1.85. The van der Waals surface area contributed by atoms with E-state index in [0.29, 0.717) is 15.5 Å². The first-order valence-corrected chi connectivity index (χ1v) is 7.49. The van der Waals surface area contributed by atoms with Crippen molar-refractivity contribution in [2.24, 2.45) is 19.1 Å². The standard InChI is InChI=1S/C14H13ClN4OS/c1-8-7-18(2)17-12(8)13(20)16-14-19(3)10-5-4-9(15)6-11(10)21-14/h4-7H,1-3H3. The molecule has 2 aromatic heterocycles. The summed E-state index contributed by atoms with van der Waals surface area (Å²) in [6.07, 6.45) is 1.80. The van der Waals surface area contributed by atoms with Crippen molar-refractivity contribution in [1.29, 1.82) is 0 Å². The summed E-state index contributed by atoms with van der Waals surface area (Å²) in [5.41, 5.74) is 2.19. The van der Waals surface area contributed by atoms with Gasteiger partial charge in [-0.25, -0.2) is 0 Å². The van der Waals surface area contributed by atoms with Gasteiger partial charge in [0, 0.05) is 30.9 Å². The molecule has 0 spiro atoms. The second-order valence-electron chi connectivity index (χ2n) is 4.81. The molecule has 0 aliphatic heterocycles. The predicted molar refractivity (Wildman–Crippen MR) is 83.6 cm³/mol. The van der Waals surface area contributed by atoms with E-state index in [9.17, 15) is 4.79 Å². The van der Waals surface area contributed by atoms with Crippen LogP contribution in [0.2, 0.25) is 5.02 Å². The molecular formula is C14H13ClN4OS. The smallest absolute Gasteiger partial charge is 0.300 e. The van der Waals surface area contributed by atoms with Crippen LogP contribution in [-0.4, -0.2) is 20.3 Å². The Morgan fingerprint density at radius 1 is 1.38 bits per heavy atom. The maximum absolute atomic E-state index is 12.3. The first-order chi connectivity index (χ1) is 9.95. The van der Waals surface area contributed by atoms with Crippen molar-refractivity contribution in [3.8, 4) is 0 Å². The molecule has 0 bridgehead atoms. The second-order valence-corrected chi connectivity index (χ2v) is 6.25. The molecule has 0 aliphatic rings. The lowest BCUT2D eigenvalue weighted by atomic mass is 10.3. The minimum absolute atomic E-state index is 0.332. The monoisotopic (exact) mass is 320 g/mol. The van der Waals surface area contributed by atoms with Gasteiger partial charge < -0.3 is 4.57 Å². The van der Waals surface area contributed by atoms with Crippen molar-refractivity contribution >= 4 is 39.1 Å². The lowest BCUT2D eigenvalue weighted by Crippen LogP contribution is -2.14. The number of hydrogen-bond donors (Lipinski definition) is 0. The molecule has 7 heteroatoms. The van der Waals surface area contributed by atoms with Gasteiger partial charge >= 0.3 is 0 Å². The third kappa shape index (κ3) is 2.52. The molecule has 5 nitrogen and oxygen atoms in total. The van der Waals surface area contributed by atoms with Gasteiger partial charge in [-0.05, 0) is 25.1 Å². The highest BCUT2D eigenvalue weighted by Crippen LogP contribution is 2.21. The number of carbonyl (C=O) groups is 1. The normalized spacial score (nSPS) is 12.3. The number of amides is 1. The zero-order chi connectivity index (χ0) is 15.1. The number of aryl methyl sites for hydroxylation is 3. The van der Waals surface area contributed by atoms with Gasteiger partial charge in [0.1, 0.15) is 0 Å². The van der Waals surface area contributed by atoms with E-state index in [1.807, 2.05) is 36.7 Å². The fourth-order valence-electron chi connectivity index (χ4n) is 2.17. The highest BCUT2D eigenvalue weighted by atomic mass is 35.5. The van der Waals surface area contributed by atoms with Gasteiger partial charge in [-0.15, -0.1) is 0 Å². The minimum atomic E-state index is -0.332. The van der Waals surface area contributed by atoms with E-state index in [0.717, 1.165) is 15.8 Å². The molecule has 108 valence electrons. The SMILES string of the molecule is Cc1cn(C)nc1C(=O)N=c1sc2cc(Cl)ccc2n1C. The molecule has 1 amide bonds. The number of halogens is 1. The highest BCUT2D eigenvalue weighted by molar-refractivity contribution is 7.16.